The first-order chi connectivity index (χ1) is 8.51. The van der Waals surface area contributed by atoms with Gasteiger partial charge in [0, 0.05) is 7.11 Å². The topological polar surface area (TPSA) is 44.8 Å². The van der Waals surface area contributed by atoms with E-state index in [9.17, 15) is 4.79 Å². The Bertz CT molecular complexity index is 361. The normalized spacial score (nSPS) is 37.7. The Kier molecular flexibility index (Phi) is 3.52. The Morgan fingerprint density at radius 3 is 2.72 bits per heavy atom. The lowest BCUT2D eigenvalue weighted by Gasteiger charge is -2.32. The minimum atomic E-state index is -0.438. The zero-order valence-corrected chi connectivity index (χ0v) is 11.6. The molecule has 2 fully saturated rings. The zero-order chi connectivity index (χ0) is 13.4. The molecule has 0 aliphatic heterocycles. The van der Waals surface area contributed by atoms with Gasteiger partial charge in [0.1, 0.15) is 12.9 Å². The summed E-state index contributed by atoms with van der Waals surface area (Å²) < 4.78 is 15.5. The van der Waals surface area contributed by atoms with E-state index in [4.69, 9.17) is 14.2 Å². The maximum Gasteiger partial charge on any atom is 0.172 e. The van der Waals surface area contributed by atoms with Crippen molar-refractivity contribution in [3.8, 4) is 0 Å². The molecular weight excluding hydrogens is 232 g/mol. The minimum absolute atomic E-state index is 0.0858. The van der Waals surface area contributed by atoms with Gasteiger partial charge in [0.2, 0.25) is 0 Å². The molecule has 2 rings (SSSR count). The van der Waals surface area contributed by atoms with E-state index in [1.165, 1.54) is 0 Å². The number of rotatable bonds is 5. The van der Waals surface area contributed by atoms with Crippen molar-refractivity contribution in [1.82, 2.24) is 0 Å². The summed E-state index contributed by atoms with van der Waals surface area (Å²) in [5, 5.41) is 0. The molecule has 0 radical (unpaired) electrons. The van der Waals surface area contributed by atoms with Gasteiger partial charge >= 0.3 is 0 Å². The van der Waals surface area contributed by atoms with Crippen LogP contribution in [0.3, 0.4) is 0 Å². The van der Waals surface area contributed by atoms with Crippen molar-refractivity contribution >= 4 is 5.78 Å². The first-order valence-corrected chi connectivity index (χ1v) is 6.36. The summed E-state index contributed by atoms with van der Waals surface area (Å²) in [6.07, 6.45) is 5.11. The molecule has 0 saturated heterocycles. The molecule has 0 heterocycles. The molecule has 0 N–H and O–H groups in total. The van der Waals surface area contributed by atoms with Gasteiger partial charge < -0.3 is 14.2 Å². The number of carbonyl (C=O) groups excluding carboxylic acids is 1. The molecule has 0 aromatic carbocycles. The molecule has 0 amide bonds. The Morgan fingerprint density at radius 2 is 2.11 bits per heavy atom. The highest BCUT2D eigenvalue weighted by Gasteiger charge is 2.68. The van der Waals surface area contributed by atoms with Crippen molar-refractivity contribution in [3.63, 3.8) is 0 Å². The van der Waals surface area contributed by atoms with Gasteiger partial charge in [-0.3, -0.25) is 4.79 Å². The average Bonchev–Trinajstić information content (AvgIpc) is 2.68. The Morgan fingerprint density at radius 1 is 1.39 bits per heavy atom. The van der Waals surface area contributed by atoms with Gasteiger partial charge in [-0.1, -0.05) is 13.8 Å². The van der Waals surface area contributed by atoms with Gasteiger partial charge in [-0.05, 0) is 30.3 Å². The van der Waals surface area contributed by atoms with Gasteiger partial charge in [0.15, 0.2) is 5.78 Å². The molecule has 0 spiro atoms. The van der Waals surface area contributed by atoms with E-state index in [1.807, 2.05) is 6.08 Å². The first kappa shape index (κ1) is 13.6. The summed E-state index contributed by atoms with van der Waals surface area (Å²) in [4.78, 5) is 12.6. The van der Waals surface area contributed by atoms with E-state index in [1.54, 1.807) is 20.5 Å². The lowest BCUT2D eigenvalue weighted by Crippen LogP contribution is -2.37. The van der Waals surface area contributed by atoms with Crippen molar-refractivity contribution in [1.29, 1.82) is 0 Å². The summed E-state index contributed by atoms with van der Waals surface area (Å²) >= 11 is 0. The molecule has 2 aliphatic rings. The summed E-state index contributed by atoms with van der Waals surface area (Å²) in [6.45, 7) is 4.48. The maximum atomic E-state index is 12.6. The van der Waals surface area contributed by atoms with Crippen LogP contribution < -0.4 is 0 Å². The van der Waals surface area contributed by atoms with Gasteiger partial charge in [-0.25, -0.2) is 0 Å². The van der Waals surface area contributed by atoms with Crippen molar-refractivity contribution in [2.24, 2.45) is 16.7 Å². The molecule has 102 valence electrons. The molecule has 3 atom stereocenters. The maximum absolute atomic E-state index is 12.6. The summed E-state index contributed by atoms with van der Waals surface area (Å²) in [7, 11) is 3.17. The fourth-order valence-corrected chi connectivity index (χ4v) is 3.70. The highest BCUT2D eigenvalue weighted by molar-refractivity contribution is 5.95. The molecule has 4 heteroatoms. The Balaban J connectivity index is 2.29. The lowest BCUT2D eigenvalue weighted by atomic mass is 9.69. The Hall–Kier alpha value is -0.870. The highest BCUT2D eigenvalue weighted by Crippen LogP contribution is 2.65. The van der Waals surface area contributed by atoms with Crippen LogP contribution in [0.5, 0.6) is 0 Å². The molecule has 2 aliphatic carbocycles. The van der Waals surface area contributed by atoms with Crippen molar-refractivity contribution in [2.75, 3.05) is 21.0 Å². The van der Waals surface area contributed by atoms with Crippen LogP contribution in [0, 0.1) is 16.7 Å². The van der Waals surface area contributed by atoms with E-state index >= 15 is 0 Å². The minimum Gasteiger partial charge on any atom is -0.505 e. The van der Waals surface area contributed by atoms with Crippen LogP contribution in [-0.4, -0.2) is 32.9 Å². The fraction of sp³-hybridized carbons (Fsp3) is 0.786. The SMILES string of the molecule is CO/C=C\[C@@]12CC[C@@H]([C@@H](OCOC)C1=O)C2(C)C. The predicted octanol–water partition coefficient (Wildman–Crippen LogP) is 2.14. The molecule has 2 saturated carbocycles. The summed E-state index contributed by atoms with van der Waals surface area (Å²) in [6, 6.07) is 0. The van der Waals surface area contributed by atoms with E-state index in [2.05, 4.69) is 13.8 Å². The van der Waals surface area contributed by atoms with Crippen LogP contribution in [0.2, 0.25) is 0 Å². The van der Waals surface area contributed by atoms with Crippen molar-refractivity contribution in [2.45, 2.75) is 32.8 Å². The van der Waals surface area contributed by atoms with Crippen LogP contribution in [0.4, 0.5) is 0 Å². The van der Waals surface area contributed by atoms with E-state index in [0.29, 0.717) is 0 Å². The monoisotopic (exact) mass is 254 g/mol. The van der Waals surface area contributed by atoms with Gasteiger partial charge in [0.25, 0.3) is 0 Å². The molecule has 4 nitrogen and oxygen atoms in total. The predicted molar refractivity (Wildman–Crippen MR) is 66.8 cm³/mol. The second kappa shape index (κ2) is 4.67. The third-order valence-electron chi connectivity index (χ3n) is 4.84. The van der Waals surface area contributed by atoms with E-state index in [0.717, 1.165) is 12.8 Å². The number of ketones is 1. The third kappa shape index (κ3) is 1.62. The van der Waals surface area contributed by atoms with Crippen molar-refractivity contribution < 1.29 is 19.0 Å². The second-order valence-electron chi connectivity index (χ2n) is 5.73. The number of methoxy groups -OCH3 is 2. The number of hydrogen-bond donors (Lipinski definition) is 0. The average molecular weight is 254 g/mol. The summed E-state index contributed by atoms with van der Waals surface area (Å²) in [5.41, 5.74) is -0.524. The number of hydrogen-bond acceptors (Lipinski definition) is 4. The molecule has 2 bridgehead atoms. The highest BCUT2D eigenvalue weighted by atomic mass is 16.7. The number of carbonyl (C=O) groups is 1. The van der Waals surface area contributed by atoms with Crippen molar-refractivity contribution in [3.05, 3.63) is 12.3 Å². The number of fused-ring (bicyclic) bond motifs is 2. The second-order valence-corrected chi connectivity index (χ2v) is 5.73. The molecule has 0 unspecified atom stereocenters. The standard InChI is InChI=1S/C14H22O4/c1-13(2)10-5-6-14(13,7-8-16-3)12(15)11(10)18-9-17-4/h7-8,10-11H,5-6,9H2,1-4H3/b8-7-/t10-,11+,14-/m0/s1. The molecule has 0 aromatic heterocycles. The quantitative estimate of drug-likeness (QED) is 0.557. The zero-order valence-electron chi connectivity index (χ0n) is 11.6. The number of Topliss-reactive ketones (excluding diaryl/α,β-unsaturated/α-hetero) is 1. The fourth-order valence-electron chi connectivity index (χ4n) is 3.70. The van der Waals surface area contributed by atoms with Crippen LogP contribution in [-0.2, 0) is 19.0 Å². The molecular formula is C14H22O4. The molecule has 18 heavy (non-hydrogen) atoms. The van der Waals surface area contributed by atoms with Crippen LogP contribution in [0.25, 0.3) is 0 Å². The van der Waals surface area contributed by atoms with Crippen LogP contribution in [0.1, 0.15) is 26.7 Å². The Labute approximate surface area is 108 Å². The smallest absolute Gasteiger partial charge is 0.172 e. The van der Waals surface area contributed by atoms with Gasteiger partial charge in [0.05, 0.1) is 18.8 Å². The number of allylic oxidation sites excluding steroid dienone is 1. The van der Waals surface area contributed by atoms with Crippen LogP contribution in [0.15, 0.2) is 12.3 Å². The first-order valence-electron chi connectivity index (χ1n) is 6.36. The van der Waals surface area contributed by atoms with E-state index < -0.39 is 5.41 Å². The van der Waals surface area contributed by atoms with E-state index in [-0.39, 0.29) is 30.0 Å². The third-order valence-corrected chi connectivity index (χ3v) is 4.84. The van der Waals surface area contributed by atoms with Gasteiger partial charge in [-0.15, -0.1) is 0 Å². The van der Waals surface area contributed by atoms with Crippen LogP contribution >= 0.6 is 0 Å². The lowest BCUT2D eigenvalue weighted by molar-refractivity contribution is -0.146. The summed E-state index contributed by atoms with van der Waals surface area (Å²) in [5.74, 6) is 0.441. The molecule has 0 aromatic rings. The largest absolute Gasteiger partial charge is 0.505 e. The van der Waals surface area contributed by atoms with Gasteiger partial charge in [-0.2, -0.15) is 0 Å². The number of ether oxygens (including phenoxy) is 3.